The van der Waals surface area contributed by atoms with E-state index in [-0.39, 0.29) is 18.2 Å². The molecule has 0 bridgehead atoms. The van der Waals surface area contributed by atoms with Gasteiger partial charge in [0.15, 0.2) is 0 Å². The number of carbonyl (C=O) groups excluding carboxylic acids is 1. The van der Waals surface area contributed by atoms with E-state index in [4.69, 9.17) is 27.9 Å². The number of nitrogens with zero attached hydrogens (tertiary/aromatic N) is 1. The molecule has 1 N–H and O–H groups in total. The van der Waals surface area contributed by atoms with E-state index in [9.17, 15) is 13.2 Å². The number of nitrogens with one attached hydrogen (secondary N) is 1. The van der Waals surface area contributed by atoms with Crippen molar-refractivity contribution in [2.24, 2.45) is 5.92 Å². The summed E-state index contributed by atoms with van der Waals surface area (Å²) < 4.78 is 32.8. The number of amides is 1. The zero-order valence-corrected chi connectivity index (χ0v) is 18.9. The lowest BCUT2D eigenvalue weighted by atomic mass is 9.98. The first-order valence-corrected chi connectivity index (χ1v) is 12.1. The molecule has 30 heavy (non-hydrogen) atoms. The van der Waals surface area contributed by atoms with E-state index in [0.717, 1.165) is 0 Å². The summed E-state index contributed by atoms with van der Waals surface area (Å²) in [6.45, 7) is 2.87. The predicted molar refractivity (Wildman–Crippen MR) is 120 cm³/mol. The molecule has 1 heterocycles. The molecule has 1 amide bonds. The van der Waals surface area contributed by atoms with Gasteiger partial charge in [-0.15, -0.1) is 0 Å². The van der Waals surface area contributed by atoms with Crippen LogP contribution in [0.3, 0.4) is 0 Å². The summed E-state index contributed by atoms with van der Waals surface area (Å²) >= 11 is 12.0. The molecule has 162 valence electrons. The van der Waals surface area contributed by atoms with E-state index in [2.05, 4.69) is 5.32 Å². The average Bonchev–Trinajstić information content (AvgIpc) is 2.72. The molecule has 2 aromatic rings. The van der Waals surface area contributed by atoms with Gasteiger partial charge >= 0.3 is 0 Å². The highest BCUT2D eigenvalue weighted by atomic mass is 35.5. The van der Waals surface area contributed by atoms with E-state index < -0.39 is 15.9 Å². The maximum Gasteiger partial charge on any atom is 0.228 e. The first-order chi connectivity index (χ1) is 14.3. The first kappa shape index (κ1) is 22.9. The van der Waals surface area contributed by atoms with Crippen LogP contribution in [-0.2, 0) is 20.6 Å². The van der Waals surface area contributed by atoms with Gasteiger partial charge in [0.1, 0.15) is 5.75 Å². The van der Waals surface area contributed by atoms with Gasteiger partial charge in [0, 0.05) is 23.1 Å². The van der Waals surface area contributed by atoms with Crippen LogP contribution in [0.2, 0.25) is 10.0 Å². The minimum atomic E-state index is -3.63. The molecule has 1 aliphatic heterocycles. The van der Waals surface area contributed by atoms with Crippen molar-refractivity contribution in [2.75, 3.05) is 25.0 Å². The molecule has 1 saturated heterocycles. The van der Waals surface area contributed by atoms with Crippen LogP contribution in [0.5, 0.6) is 5.75 Å². The highest BCUT2D eigenvalue weighted by Gasteiger charge is 2.33. The summed E-state index contributed by atoms with van der Waals surface area (Å²) in [4.78, 5) is 12.8. The van der Waals surface area contributed by atoms with Crippen molar-refractivity contribution < 1.29 is 17.9 Å². The second kappa shape index (κ2) is 10.0. The van der Waals surface area contributed by atoms with Gasteiger partial charge in [0.25, 0.3) is 0 Å². The fraction of sp³-hybridized carbons (Fsp3) is 0.381. The van der Waals surface area contributed by atoms with Gasteiger partial charge in [-0.2, -0.15) is 0 Å². The number of carbonyl (C=O) groups is 1. The van der Waals surface area contributed by atoms with Crippen LogP contribution in [0, 0.1) is 5.92 Å². The van der Waals surface area contributed by atoms with E-state index >= 15 is 0 Å². The maximum atomic E-state index is 12.9. The van der Waals surface area contributed by atoms with Crippen LogP contribution in [0.4, 0.5) is 5.69 Å². The highest BCUT2D eigenvalue weighted by Crippen LogP contribution is 2.28. The van der Waals surface area contributed by atoms with Crippen LogP contribution in [0.1, 0.15) is 25.3 Å². The Morgan fingerprint density at radius 2 is 2.00 bits per heavy atom. The molecule has 0 aromatic heterocycles. The molecule has 6 nitrogen and oxygen atoms in total. The van der Waals surface area contributed by atoms with Gasteiger partial charge in [-0.05, 0) is 49.6 Å². The molecular weight excluding hydrogens is 447 g/mol. The Morgan fingerprint density at radius 1 is 1.23 bits per heavy atom. The van der Waals surface area contributed by atoms with Crippen LogP contribution >= 0.6 is 23.2 Å². The Hall–Kier alpha value is -1.80. The van der Waals surface area contributed by atoms with Crippen molar-refractivity contribution >= 4 is 44.8 Å². The minimum Gasteiger partial charge on any atom is -0.492 e. The van der Waals surface area contributed by atoms with E-state index in [1.807, 2.05) is 19.1 Å². The Bertz CT molecular complexity index is 1010. The largest absolute Gasteiger partial charge is 0.492 e. The fourth-order valence-electron chi connectivity index (χ4n) is 3.42. The summed E-state index contributed by atoms with van der Waals surface area (Å²) in [5, 5.41) is 3.64. The number of anilines is 1. The third kappa shape index (κ3) is 5.66. The zero-order chi connectivity index (χ0) is 21.7. The molecule has 1 atom stereocenters. The van der Waals surface area contributed by atoms with Crippen molar-refractivity contribution in [3.05, 3.63) is 58.1 Å². The number of para-hydroxylation sites is 2. The molecule has 0 unspecified atom stereocenters. The van der Waals surface area contributed by atoms with Crippen molar-refractivity contribution in [3.8, 4) is 5.75 Å². The smallest absolute Gasteiger partial charge is 0.228 e. The summed E-state index contributed by atoms with van der Waals surface area (Å²) in [5.41, 5.74) is 1.07. The lowest BCUT2D eigenvalue weighted by molar-refractivity contribution is -0.120. The van der Waals surface area contributed by atoms with E-state index in [1.54, 1.807) is 24.3 Å². The normalized spacial score (nSPS) is 17.5. The van der Waals surface area contributed by atoms with Crippen LogP contribution < -0.4 is 10.1 Å². The lowest BCUT2D eigenvalue weighted by Gasteiger charge is -2.31. The summed E-state index contributed by atoms with van der Waals surface area (Å²) in [7, 11) is -3.63. The molecule has 0 spiro atoms. The number of rotatable bonds is 7. The summed E-state index contributed by atoms with van der Waals surface area (Å²) in [6.07, 6.45) is 1.23. The second-order valence-corrected chi connectivity index (χ2v) is 9.92. The molecule has 0 aliphatic carbocycles. The van der Waals surface area contributed by atoms with Gasteiger partial charge < -0.3 is 10.1 Å². The lowest BCUT2D eigenvalue weighted by Crippen LogP contribution is -2.44. The van der Waals surface area contributed by atoms with Gasteiger partial charge in [0.05, 0.1) is 24.0 Å². The topological polar surface area (TPSA) is 75.7 Å². The van der Waals surface area contributed by atoms with Crippen molar-refractivity contribution in [1.82, 2.24) is 4.31 Å². The first-order valence-electron chi connectivity index (χ1n) is 9.74. The van der Waals surface area contributed by atoms with E-state index in [0.29, 0.717) is 53.0 Å². The van der Waals surface area contributed by atoms with Crippen molar-refractivity contribution in [2.45, 2.75) is 25.5 Å². The molecule has 1 aliphatic rings. The number of halogens is 2. The third-order valence-corrected chi connectivity index (χ3v) is 7.33. The summed E-state index contributed by atoms with van der Waals surface area (Å²) in [5.74, 6) is -0.300. The Balaban J connectivity index is 1.69. The highest BCUT2D eigenvalue weighted by molar-refractivity contribution is 7.88. The molecule has 1 fully saturated rings. The Kier molecular flexibility index (Phi) is 7.63. The average molecular weight is 471 g/mol. The number of ether oxygens (including phenoxy) is 1. The molecule has 0 saturated carbocycles. The predicted octanol–water partition coefficient (Wildman–Crippen LogP) is 4.57. The van der Waals surface area contributed by atoms with Gasteiger partial charge in [0.2, 0.25) is 15.9 Å². The van der Waals surface area contributed by atoms with Gasteiger partial charge in [-0.1, -0.05) is 41.4 Å². The van der Waals surface area contributed by atoms with Crippen LogP contribution in [0.25, 0.3) is 0 Å². The van der Waals surface area contributed by atoms with Crippen LogP contribution in [-0.4, -0.2) is 38.3 Å². The second-order valence-electron chi connectivity index (χ2n) is 7.11. The number of benzene rings is 2. The van der Waals surface area contributed by atoms with Gasteiger partial charge in [-0.3, -0.25) is 4.79 Å². The van der Waals surface area contributed by atoms with Gasteiger partial charge in [-0.25, -0.2) is 12.7 Å². The molecule has 9 heteroatoms. The summed E-state index contributed by atoms with van der Waals surface area (Å²) in [6, 6.07) is 11.9. The number of piperidine rings is 1. The monoisotopic (exact) mass is 470 g/mol. The van der Waals surface area contributed by atoms with Crippen molar-refractivity contribution in [1.29, 1.82) is 0 Å². The maximum absolute atomic E-state index is 12.9. The van der Waals surface area contributed by atoms with Crippen LogP contribution in [0.15, 0.2) is 42.5 Å². The standard InChI is InChI=1S/C21H24Cl2N2O4S/c1-2-29-20-8-4-3-7-19(20)24-21(26)15-6-5-11-25(13-15)30(27,28)14-16-9-10-17(22)12-18(16)23/h3-4,7-10,12,15H,2,5-6,11,13-14H2,1H3,(H,24,26)/t15-/m1/s1. The quantitative estimate of drug-likeness (QED) is 0.642. The van der Waals surface area contributed by atoms with E-state index in [1.165, 1.54) is 10.4 Å². The molecule has 2 aromatic carbocycles. The number of sulfonamides is 1. The minimum absolute atomic E-state index is 0.135. The van der Waals surface area contributed by atoms with Crippen molar-refractivity contribution in [3.63, 3.8) is 0 Å². The number of hydrogen-bond donors (Lipinski definition) is 1. The number of hydrogen-bond acceptors (Lipinski definition) is 4. The molecular formula is C21H24Cl2N2O4S. The Labute approximate surface area is 187 Å². The molecule has 0 radical (unpaired) electrons. The molecule has 3 rings (SSSR count). The third-order valence-electron chi connectivity index (χ3n) is 4.95. The SMILES string of the molecule is CCOc1ccccc1NC(=O)[C@@H]1CCCN(S(=O)(=O)Cc2ccc(Cl)cc2Cl)C1. The Morgan fingerprint density at radius 3 is 2.73 bits per heavy atom. The fourth-order valence-corrected chi connectivity index (χ4v) is 5.62. The zero-order valence-electron chi connectivity index (χ0n) is 16.6.